The highest BCUT2D eigenvalue weighted by molar-refractivity contribution is 7.91. The molecule has 0 aliphatic carbocycles. The van der Waals surface area contributed by atoms with Gasteiger partial charge < -0.3 is 14.5 Å². The Hall–Kier alpha value is -3.65. The number of hydrogen-bond acceptors (Lipinski definition) is 6. The van der Waals surface area contributed by atoms with Gasteiger partial charge in [-0.15, -0.1) is 0 Å². The first kappa shape index (κ1) is 20.6. The number of sulfone groups is 1. The Bertz CT molecular complexity index is 1310. The second kappa shape index (κ2) is 8.23. The molecule has 4 rings (SSSR count). The van der Waals surface area contributed by atoms with E-state index >= 15 is 0 Å². The summed E-state index contributed by atoms with van der Waals surface area (Å²) < 4.78 is 51.0. The van der Waals surface area contributed by atoms with E-state index in [0.29, 0.717) is 17.0 Å². The zero-order chi connectivity index (χ0) is 22.0. The number of nitrogens with zero attached hydrogens (tertiary/aromatic N) is 1. The molecular weight excluding hydrogens is 419 g/mol. The maximum atomic E-state index is 13.3. The fourth-order valence-corrected chi connectivity index (χ4v) is 4.20. The quantitative estimate of drug-likeness (QED) is 0.436. The van der Waals surface area contributed by atoms with Crippen LogP contribution in [0.15, 0.2) is 87.1 Å². The maximum Gasteiger partial charge on any atom is 0.238 e. The van der Waals surface area contributed by atoms with Crippen LogP contribution >= 0.6 is 0 Å². The average Bonchev–Trinajstić information content (AvgIpc) is 3.19. The van der Waals surface area contributed by atoms with Crippen molar-refractivity contribution in [1.29, 1.82) is 0 Å². The summed E-state index contributed by atoms with van der Waals surface area (Å²) >= 11 is 0. The molecule has 1 aromatic heterocycles. The second-order valence-electron chi connectivity index (χ2n) is 6.83. The first-order valence-electron chi connectivity index (χ1n) is 9.36. The summed E-state index contributed by atoms with van der Waals surface area (Å²) in [5, 5.41) is 2.71. The van der Waals surface area contributed by atoms with Gasteiger partial charge in [0, 0.05) is 17.3 Å². The Morgan fingerprint density at radius 2 is 1.71 bits per heavy atom. The molecule has 3 aromatic carbocycles. The molecular formula is C23H19FN2O4S. The smallest absolute Gasteiger partial charge is 0.238 e. The summed E-state index contributed by atoms with van der Waals surface area (Å²) in [7, 11) is -2.45. The van der Waals surface area contributed by atoms with Crippen molar-refractivity contribution < 1.29 is 22.0 Å². The Balaban J connectivity index is 1.83. The zero-order valence-corrected chi connectivity index (χ0v) is 17.6. The van der Waals surface area contributed by atoms with Crippen LogP contribution in [-0.2, 0) is 9.84 Å². The van der Waals surface area contributed by atoms with Gasteiger partial charge in [-0.3, -0.25) is 0 Å². The van der Waals surface area contributed by atoms with Crippen LogP contribution in [-0.4, -0.2) is 20.5 Å². The molecule has 8 heteroatoms. The molecule has 1 N–H and O–H groups in total. The minimum absolute atomic E-state index is 0.0480. The van der Waals surface area contributed by atoms with Crippen LogP contribution in [0.3, 0.4) is 0 Å². The predicted molar refractivity (Wildman–Crippen MR) is 115 cm³/mol. The zero-order valence-electron chi connectivity index (χ0n) is 16.8. The van der Waals surface area contributed by atoms with Gasteiger partial charge in [-0.25, -0.2) is 12.8 Å². The minimum Gasteiger partial charge on any atom is -0.497 e. The number of aromatic nitrogens is 1. The Morgan fingerprint density at radius 3 is 2.39 bits per heavy atom. The number of benzene rings is 3. The van der Waals surface area contributed by atoms with E-state index in [0.717, 1.165) is 5.56 Å². The van der Waals surface area contributed by atoms with Gasteiger partial charge in [0.25, 0.3) is 0 Å². The summed E-state index contributed by atoms with van der Waals surface area (Å²) in [5.41, 5.74) is 1.93. The topological polar surface area (TPSA) is 81.4 Å². The third-order valence-corrected chi connectivity index (χ3v) is 6.28. The summed E-state index contributed by atoms with van der Waals surface area (Å²) in [4.78, 5) is 4.34. The van der Waals surface area contributed by atoms with E-state index in [1.807, 2.05) is 6.92 Å². The molecule has 0 amide bonds. The molecule has 1 heterocycles. The molecule has 0 aliphatic heterocycles. The monoisotopic (exact) mass is 438 g/mol. The number of aryl methyl sites for hydroxylation is 1. The van der Waals surface area contributed by atoms with E-state index in [9.17, 15) is 12.8 Å². The first-order valence-corrected chi connectivity index (χ1v) is 10.8. The number of anilines is 2. The van der Waals surface area contributed by atoms with Gasteiger partial charge in [-0.05, 0) is 55.5 Å². The van der Waals surface area contributed by atoms with Crippen molar-refractivity contribution in [2.75, 3.05) is 12.4 Å². The van der Waals surface area contributed by atoms with Crippen molar-refractivity contribution in [2.24, 2.45) is 0 Å². The Labute approximate surface area is 179 Å². The first-order chi connectivity index (χ1) is 14.9. The fraction of sp³-hybridized carbons (Fsp3) is 0.0870. The lowest BCUT2D eigenvalue weighted by Gasteiger charge is -2.07. The van der Waals surface area contributed by atoms with E-state index in [4.69, 9.17) is 9.15 Å². The summed E-state index contributed by atoms with van der Waals surface area (Å²) in [6, 6.07) is 18.9. The van der Waals surface area contributed by atoms with Crippen LogP contribution in [0.5, 0.6) is 5.75 Å². The summed E-state index contributed by atoms with van der Waals surface area (Å²) in [6.45, 7) is 1.87. The third kappa shape index (κ3) is 4.29. The van der Waals surface area contributed by atoms with E-state index in [-0.39, 0.29) is 21.7 Å². The standard InChI is InChI=1S/C23H19FN2O4S/c1-15-6-12-20(13-7-15)31(27,28)23-22(25-18-4-3-5-19(14-18)29-2)30-21(26-23)16-8-10-17(24)11-9-16/h3-14,25H,1-2H3. The molecule has 0 fully saturated rings. The molecule has 0 bridgehead atoms. The molecule has 0 spiro atoms. The van der Waals surface area contributed by atoms with Gasteiger partial charge in [-0.2, -0.15) is 4.98 Å². The number of halogens is 1. The van der Waals surface area contributed by atoms with Crippen LogP contribution < -0.4 is 10.1 Å². The molecule has 0 saturated heterocycles. The fourth-order valence-electron chi connectivity index (χ4n) is 2.94. The number of hydrogen-bond donors (Lipinski definition) is 1. The molecule has 0 unspecified atom stereocenters. The Morgan fingerprint density at radius 1 is 1.00 bits per heavy atom. The maximum absolute atomic E-state index is 13.3. The summed E-state index contributed by atoms with van der Waals surface area (Å²) in [5.74, 6) is 0.174. The molecule has 6 nitrogen and oxygen atoms in total. The van der Waals surface area contributed by atoms with Crippen molar-refractivity contribution >= 4 is 21.4 Å². The lowest BCUT2D eigenvalue weighted by Crippen LogP contribution is -2.05. The number of nitrogens with one attached hydrogen (secondary N) is 1. The number of rotatable bonds is 6. The molecule has 0 radical (unpaired) electrons. The Kier molecular flexibility index (Phi) is 5.48. The van der Waals surface area contributed by atoms with Crippen molar-refractivity contribution in [2.45, 2.75) is 16.8 Å². The highest BCUT2D eigenvalue weighted by Gasteiger charge is 2.28. The highest BCUT2D eigenvalue weighted by Crippen LogP contribution is 2.34. The van der Waals surface area contributed by atoms with Gasteiger partial charge >= 0.3 is 0 Å². The molecule has 4 aromatic rings. The van der Waals surface area contributed by atoms with E-state index < -0.39 is 15.7 Å². The van der Waals surface area contributed by atoms with Crippen LogP contribution in [0.1, 0.15) is 5.56 Å². The van der Waals surface area contributed by atoms with Gasteiger partial charge in [0.05, 0.1) is 12.0 Å². The largest absolute Gasteiger partial charge is 0.497 e. The van der Waals surface area contributed by atoms with Crippen LogP contribution in [0, 0.1) is 12.7 Å². The van der Waals surface area contributed by atoms with Gasteiger partial charge in [0.1, 0.15) is 11.6 Å². The van der Waals surface area contributed by atoms with Crippen LogP contribution in [0.25, 0.3) is 11.5 Å². The van der Waals surface area contributed by atoms with Crippen molar-refractivity contribution in [3.05, 3.63) is 84.2 Å². The number of methoxy groups -OCH3 is 1. The normalized spacial score (nSPS) is 11.3. The lowest BCUT2D eigenvalue weighted by atomic mass is 10.2. The van der Waals surface area contributed by atoms with Gasteiger partial charge in [0.2, 0.25) is 26.6 Å². The summed E-state index contributed by atoms with van der Waals surface area (Å²) in [6.07, 6.45) is 0. The van der Waals surface area contributed by atoms with Crippen LogP contribution in [0.4, 0.5) is 16.0 Å². The number of ether oxygens (including phenoxy) is 1. The lowest BCUT2D eigenvalue weighted by molar-refractivity contribution is 0.415. The predicted octanol–water partition coefficient (Wildman–Crippen LogP) is 5.37. The molecule has 158 valence electrons. The van der Waals surface area contributed by atoms with Gasteiger partial charge in [-0.1, -0.05) is 23.8 Å². The van der Waals surface area contributed by atoms with Crippen molar-refractivity contribution in [1.82, 2.24) is 4.98 Å². The van der Waals surface area contributed by atoms with Crippen molar-refractivity contribution in [3.8, 4) is 17.2 Å². The van der Waals surface area contributed by atoms with E-state index in [1.54, 1.807) is 36.4 Å². The van der Waals surface area contributed by atoms with Crippen LogP contribution in [0.2, 0.25) is 0 Å². The molecule has 31 heavy (non-hydrogen) atoms. The number of oxazole rings is 1. The average molecular weight is 438 g/mol. The third-order valence-electron chi connectivity index (χ3n) is 4.60. The molecule has 0 atom stereocenters. The van der Waals surface area contributed by atoms with Gasteiger partial charge in [0.15, 0.2) is 0 Å². The highest BCUT2D eigenvalue weighted by atomic mass is 32.2. The molecule has 0 aliphatic rings. The second-order valence-corrected chi connectivity index (χ2v) is 8.70. The SMILES string of the molecule is COc1cccc(Nc2oc(-c3ccc(F)cc3)nc2S(=O)(=O)c2ccc(C)cc2)c1. The molecule has 0 saturated carbocycles. The van der Waals surface area contributed by atoms with E-state index in [1.165, 1.54) is 43.5 Å². The minimum atomic E-state index is -3.99. The van der Waals surface area contributed by atoms with E-state index in [2.05, 4.69) is 10.3 Å². The van der Waals surface area contributed by atoms with Crippen molar-refractivity contribution in [3.63, 3.8) is 0 Å².